The minimum Gasteiger partial charge on any atom is -0.371 e. The first-order valence-corrected chi connectivity index (χ1v) is 10.2. The third kappa shape index (κ3) is 4.40. The maximum Gasteiger partial charge on any atom is 0.317 e. The standard InChI is InChI=1S/C20H34N4O2/c1-16(2)17(18-8-11-22-23(18)3)14-21-19(25)24-12-13-26-20(15-24)9-6-4-5-7-10-20/h8,11,16-17H,4-7,9-10,12-15H2,1-3H3,(H,21,25)/t17-/m1/s1. The number of rotatable bonds is 4. The smallest absolute Gasteiger partial charge is 0.317 e. The van der Waals surface area contributed by atoms with E-state index in [1.807, 2.05) is 28.9 Å². The van der Waals surface area contributed by atoms with E-state index >= 15 is 0 Å². The highest BCUT2D eigenvalue weighted by Gasteiger charge is 2.38. The topological polar surface area (TPSA) is 59.4 Å². The Hall–Kier alpha value is -1.56. The highest BCUT2D eigenvalue weighted by atomic mass is 16.5. The molecule has 1 saturated heterocycles. The van der Waals surface area contributed by atoms with Crippen LogP contribution in [0.5, 0.6) is 0 Å². The van der Waals surface area contributed by atoms with Gasteiger partial charge in [0.15, 0.2) is 0 Å². The van der Waals surface area contributed by atoms with Gasteiger partial charge < -0.3 is 15.0 Å². The van der Waals surface area contributed by atoms with E-state index in [9.17, 15) is 4.79 Å². The molecule has 2 fully saturated rings. The van der Waals surface area contributed by atoms with Crippen LogP contribution in [0.15, 0.2) is 12.3 Å². The summed E-state index contributed by atoms with van der Waals surface area (Å²) < 4.78 is 8.08. The first kappa shape index (κ1) is 19.2. The Balaban J connectivity index is 1.59. The molecule has 1 N–H and O–H groups in total. The van der Waals surface area contributed by atoms with E-state index in [0.717, 1.165) is 19.4 Å². The van der Waals surface area contributed by atoms with Crippen LogP contribution in [0.2, 0.25) is 0 Å². The van der Waals surface area contributed by atoms with Crippen LogP contribution in [-0.2, 0) is 11.8 Å². The molecule has 6 nitrogen and oxygen atoms in total. The molecule has 1 spiro atoms. The molecule has 6 heteroatoms. The monoisotopic (exact) mass is 362 g/mol. The van der Waals surface area contributed by atoms with Crippen LogP contribution in [0.3, 0.4) is 0 Å². The summed E-state index contributed by atoms with van der Waals surface area (Å²) in [5, 5.41) is 7.46. The van der Waals surface area contributed by atoms with Gasteiger partial charge in [-0.15, -0.1) is 0 Å². The minimum absolute atomic E-state index is 0.0461. The summed E-state index contributed by atoms with van der Waals surface area (Å²) >= 11 is 0. The van der Waals surface area contributed by atoms with E-state index in [2.05, 4.69) is 24.3 Å². The van der Waals surface area contributed by atoms with Crippen LogP contribution in [0.25, 0.3) is 0 Å². The van der Waals surface area contributed by atoms with Crippen molar-refractivity contribution in [2.45, 2.75) is 63.9 Å². The van der Waals surface area contributed by atoms with Crippen molar-refractivity contribution in [1.29, 1.82) is 0 Å². The van der Waals surface area contributed by atoms with E-state index in [1.165, 1.54) is 31.4 Å². The molecular weight excluding hydrogens is 328 g/mol. The van der Waals surface area contributed by atoms with Crippen molar-refractivity contribution in [2.24, 2.45) is 13.0 Å². The van der Waals surface area contributed by atoms with Gasteiger partial charge in [0, 0.05) is 37.9 Å². The lowest BCUT2D eigenvalue weighted by Crippen LogP contribution is -2.56. The van der Waals surface area contributed by atoms with Crippen molar-refractivity contribution in [3.8, 4) is 0 Å². The van der Waals surface area contributed by atoms with E-state index in [-0.39, 0.29) is 17.6 Å². The Morgan fingerprint density at radius 1 is 1.31 bits per heavy atom. The molecule has 1 aliphatic heterocycles. The zero-order chi connectivity index (χ0) is 18.6. The van der Waals surface area contributed by atoms with Crippen molar-refractivity contribution in [3.63, 3.8) is 0 Å². The van der Waals surface area contributed by atoms with E-state index in [1.54, 1.807) is 0 Å². The molecule has 0 aromatic carbocycles. The Morgan fingerprint density at radius 2 is 2.04 bits per heavy atom. The fraction of sp³-hybridized carbons (Fsp3) is 0.800. The largest absolute Gasteiger partial charge is 0.371 e. The Kier molecular flexibility index (Phi) is 6.22. The number of nitrogens with one attached hydrogen (secondary N) is 1. The first-order chi connectivity index (χ1) is 12.5. The van der Waals surface area contributed by atoms with Gasteiger partial charge in [0.1, 0.15) is 0 Å². The molecule has 0 unspecified atom stereocenters. The molecule has 1 saturated carbocycles. The number of carbonyl (C=O) groups is 1. The number of aryl methyl sites for hydroxylation is 1. The SMILES string of the molecule is CC(C)[C@@H](CNC(=O)N1CCOC2(CCCCCC2)C1)c1ccnn1C. The number of hydrogen-bond donors (Lipinski definition) is 1. The highest BCUT2D eigenvalue weighted by Crippen LogP contribution is 2.33. The van der Waals surface area contributed by atoms with Crippen molar-refractivity contribution in [3.05, 3.63) is 18.0 Å². The maximum absolute atomic E-state index is 12.8. The molecule has 1 aromatic heterocycles. The summed E-state index contributed by atoms with van der Waals surface area (Å²) in [7, 11) is 1.96. The maximum atomic E-state index is 12.8. The second-order valence-corrected chi connectivity index (χ2v) is 8.28. The number of hydrogen-bond acceptors (Lipinski definition) is 3. The van der Waals surface area contributed by atoms with Crippen molar-refractivity contribution < 1.29 is 9.53 Å². The molecule has 2 amide bonds. The lowest BCUT2D eigenvalue weighted by atomic mass is 9.92. The van der Waals surface area contributed by atoms with Gasteiger partial charge in [-0.2, -0.15) is 5.10 Å². The lowest BCUT2D eigenvalue weighted by molar-refractivity contribution is -0.105. The van der Waals surface area contributed by atoms with Gasteiger partial charge in [0.25, 0.3) is 0 Å². The number of morpholine rings is 1. The van der Waals surface area contributed by atoms with Crippen molar-refractivity contribution in [1.82, 2.24) is 20.0 Å². The van der Waals surface area contributed by atoms with Gasteiger partial charge in [0.2, 0.25) is 0 Å². The van der Waals surface area contributed by atoms with E-state index in [0.29, 0.717) is 25.6 Å². The number of nitrogens with zero attached hydrogens (tertiary/aromatic N) is 3. The summed E-state index contributed by atoms with van der Waals surface area (Å²) in [6.07, 6.45) is 9.00. The summed E-state index contributed by atoms with van der Waals surface area (Å²) in [5.41, 5.74) is 1.06. The number of aromatic nitrogens is 2. The molecule has 146 valence electrons. The van der Waals surface area contributed by atoms with Gasteiger partial charge in [-0.25, -0.2) is 4.79 Å². The lowest BCUT2D eigenvalue weighted by Gasteiger charge is -2.42. The van der Waals surface area contributed by atoms with Gasteiger partial charge in [-0.3, -0.25) is 4.68 Å². The van der Waals surface area contributed by atoms with Crippen LogP contribution in [-0.4, -0.2) is 52.6 Å². The normalized spacial score (nSPS) is 21.6. The zero-order valence-corrected chi connectivity index (χ0v) is 16.5. The molecule has 3 rings (SSSR count). The number of ether oxygens (including phenoxy) is 1. The molecule has 1 aromatic rings. The number of urea groups is 1. The number of amides is 2. The predicted molar refractivity (Wildman–Crippen MR) is 102 cm³/mol. The summed E-state index contributed by atoms with van der Waals surface area (Å²) in [6, 6.07) is 2.09. The Bertz CT molecular complexity index is 590. The van der Waals surface area contributed by atoms with Gasteiger partial charge >= 0.3 is 6.03 Å². The highest BCUT2D eigenvalue weighted by molar-refractivity contribution is 5.74. The molecule has 1 aliphatic carbocycles. The fourth-order valence-corrected chi connectivity index (χ4v) is 4.43. The van der Waals surface area contributed by atoms with Gasteiger partial charge in [0.05, 0.1) is 18.8 Å². The average Bonchev–Trinajstić information content (AvgIpc) is 2.91. The molecule has 2 heterocycles. The van der Waals surface area contributed by atoms with Crippen LogP contribution in [0, 0.1) is 5.92 Å². The van der Waals surface area contributed by atoms with Crippen LogP contribution >= 0.6 is 0 Å². The van der Waals surface area contributed by atoms with E-state index < -0.39 is 0 Å². The molecule has 0 radical (unpaired) electrons. The Labute approximate surface area is 157 Å². The van der Waals surface area contributed by atoms with Crippen LogP contribution in [0.1, 0.15) is 64.0 Å². The summed E-state index contributed by atoms with van der Waals surface area (Å²) in [4.78, 5) is 14.8. The van der Waals surface area contributed by atoms with E-state index in [4.69, 9.17) is 4.74 Å². The molecule has 2 aliphatic rings. The molecular formula is C20H34N4O2. The summed E-state index contributed by atoms with van der Waals surface area (Å²) in [5.74, 6) is 0.697. The zero-order valence-electron chi connectivity index (χ0n) is 16.5. The van der Waals surface area contributed by atoms with Crippen LogP contribution in [0.4, 0.5) is 4.79 Å². The van der Waals surface area contributed by atoms with Gasteiger partial charge in [-0.05, 0) is 24.8 Å². The predicted octanol–water partition coefficient (Wildman–Crippen LogP) is 3.29. The fourth-order valence-electron chi connectivity index (χ4n) is 4.43. The third-order valence-electron chi connectivity index (χ3n) is 6.07. The van der Waals surface area contributed by atoms with Crippen molar-refractivity contribution in [2.75, 3.05) is 26.2 Å². The second-order valence-electron chi connectivity index (χ2n) is 8.28. The summed E-state index contributed by atoms with van der Waals surface area (Å²) in [6.45, 7) is 7.10. The number of carbonyl (C=O) groups excluding carboxylic acids is 1. The quantitative estimate of drug-likeness (QED) is 0.894. The third-order valence-corrected chi connectivity index (χ3v) is 6.07. The van der Waals surface area contributed by atoms with Crippen molar-refractivity contribution >= 4 is 6.03 Å². The second kappa shape index (κ2) is 8.42. The minimum atomic E-state index is -0.106. The average molecular weight is 363 g/mol. The molecule has 26 heavy (non-hydrogen) atoms. The van der Waals surface area contributed by atoms with Crippen LogP contribution < -0.4 is 5.32 Å². The first-order valence-electron chi connectivity index (χ1n) is 10.2. The molecule has 0 bridgehead atoms. The van der Waals surface area contributed by atoms with Gasteiger partial charge in [-0.1, -0.05) is 39.5 Å². The Morgan fingerprint density at radius 3 is 2.65 bits per heavy atom. The molecule has 1 atom stereocenters.